The van der Waals surface area contributed by atoms with Gasteiger partial charge in [-0.1, -0.05) is 91.0 Å². The van der Waals surface area contributed by atoms with Gasteiger partial charge in [0.05, 0.1) is 36.7 Å². The maximum absolute atomic E-state index is 13.3. The lowest BCUT2D eigenvalue weighted by molar-refractivity contribution is -0.149. The molecule has 3 aromatic carbocycles. The summed E-state index contributed by atoms with van der Waals surface area (Å²) in [5.74, 6) is -0.362. The van der Waals surface area contributed by atoms with Gasteiger partial charge in [0.15, 0.2) is 11.6 Å². The van der Waals surface area contributed by atoms with Crippen molar-refractivity contribution in [3.63, 3.8) is 0 Å². The molecule has 0 saturated heterocycles. The molecular formula is C31H26FN3O2. The number of hydrogen-bond acceptors (Lipinski definition) is 5. The molecule has 1 aromatic heterocycles. The van der Waals surface area contributed by atoms with Crippen molar-refractivity contribution in [1.29, 1.82) is 0 Å². The minimum absolute atomic E-state index is 0.196. The van der Waals surface area contributed by atoms with Crippen molar-refractivity contribution < 1.29 is 13.9 Å². The van der Waals surface area contributed by atoms with Crippen molar-refractivity contribution in [3.8, 4) is 11.4 Å². The van der Waals surface area contributed by atoms with E-state index in [-0.39, 0.29) is 12.0 Å². The van der Waals surface area contributed by atoms with Gasteiger partial charge in [0.1, 0.15) is 0 Å². The number of aromatic nitrogens is 2. The third-order valence-corrected chi connectivity index (χ3v) is 6.52. The number of halogens is 1. The second-order valence-corrected chi connectivity index (χ2v) is 9.09. The van der Waals surface area contributed by atoms with Crippen LogP contribution in [0.3, 0.4) is 0 Å². The number of rotatable bonds is 7. The van der Waals surface area contributed by atoms with E-state index in [9.17, 15) is 9.18 Å². The molecule has 0 fully saturated rings. The van der Waals surface area contributed by atoms with Gasteiger partial charge >= 0.3 is 5.97 Å². The summed E-state index contributed by atoms with van der Waals surface area (Å²) < 4.78 is 18.5. The molecule has 0 aliphatic heterocycles. The standard InChI is InChI=1S/C31H26FN3O2/c1-37-30(36)31(18-22-9-8-14-25(17-22)29-33-20-26(32)21-34-29)16-15-27(19-31)35-28(23-10-4-2-5-11-23)24-12-6-3-7-13-24/h2-17,20-21,27H,18-19H2,1H3/t27-,31+/m0/s1. The molecule has 4 aromatic rings. The summed E-state index contributed by atoms with van der Waals surface area (Å²) in [6, 6.07) is 27.6. The van der Waals surface area contributed by atoms with Crippen LogP contribution in [0.5, 0.6) is 0 Å². The SMILES string of the molecule is COC(=O)[C@@]1(Cc2cccc(-c3ncc(F)cn3)c2)C=C[C@H](N=C(c2ccccc2)c2ccccc2)C1. The number of ether oxygens (including phenoxy) is 1. The highest BCUT2D eigenvalue weighted by molar-refractivity contribution is 6.13. The lowest BCUT2D eigenvalue weighted by Gasteiger charge is -2.25. The zero-order chi connectivity index (χ0) is 25.7. The first kappa shape index (κ1) is 24.3. The Labute approximate surface area is 215 Å². The number of methoxy groups -OCH3 is 1. The minimum atomic E-state index is -0.857. The quantitative estimate of drug-likeness (QED) is 0.185. The van der Waals surface area contributed by atoms with Crippen LogP contribution in [-0.4, -0.2) is 34.8 Å². The molecule has 0 unspecified atom stereocenters. The van der Waals surface area contributed by atoms with Crippen LogP contribution in [0, 0.1) is 11.2 Å². The van der Waals surface area contributed by atoms with Crippen molar-refractivity contribution in [2.45, 2.75) is 18.9 Å². The molecule has 6 heteroatoms. The summed E-state index contributed by atoms with van der Waals surface area (Å²) in [6.45, 7) is 0. The predicted molar refractivity (Wildman–Crippen MR) is 142 cm³/mol. The normalized spacial score (nSPS) is 18.4. The molecule has 0 N–H and O–H groups in total. The van der Waals surface area contributed by atoms with E-state index in [1.54, 1.807) is 0 Å². The summed E-state index contributed by atoms with van der Waals surface area (Å²) in [5.41, 5.74) is 3.74. The van der Waals surface area contributed by atoms with E-state index in [2.05, 4.69) is 9.97 Å². The topological polar surface area (TPSA) is 64.4 Å². The second-order valence-electron chi connectivity index (χ2n) is 9.09. The Morgan fingerprint density at radius 1 is 0.973 bits per heavy atom. The van der Waals surface area contributed by atoms with Crippen LogP contribution in [-0.2, 0) is 16.0 Å². The molecule has 1 heterocycles. The first-order chi connectivity index (χ1) is 18.1. The molecular weight excluding hydrogens is 465 g/mol. The van der Waals surface area contributed by atoms with E-state index in [1.807, 2.05) is 97.1 Å². The Kier molecular flexibility index (Phi) is 6.99. The van der Waals surface area contributed by atoms with Crippen molar-refractivity contribution >= 4 is 11.7 Å². The molecule has 0 saturated carbocycles. The first-order valence-electron chi connectivity index (χ1n) is 12.1. The van der Waals surface area contributed by atoms with Crippen molar-refractivity contribution in [2.75, 3.05) is 7.11 Å². The monoisotopic (exact) mass is 491 g/mol. The summed E-state index contributed by atoms with van der Waals surface area (Å²) >= 11 is 0. The van der Waals surface area contributed by atoms with Crippen LogP contribution in [0.15, 0.2) is 114 Å². The largest absolute Gasteiger partial charge is 0.468 e. The first-order valence-corrected chi connectivity index (χ1v) is 12.1. The summed E-state index contributed by atoms with van der Waals surface area (Å²) in [7, 11) is 1.41. The van der Waals surface area contributed by atoms with E-state index in [4.69, 9.17) is 9.73 Å². The van der Waals surface area contributed by atoms with E-state index < -0.39 is 11.2 Å². The number of carbonyl (C=O) groups is 1. The fraction of sp³-hybridized carbons (Fsp3) is 0.161. The molecule has 5 rings (SSSR count). The van der Waals surface area contributed by atoms with E-state index >= 15 is 0 Å². The fourth-order valence-electron chi connectivity index (χ4n) is 4.77. The highest BCUT2D eigenvalue weighted by Crippen LogP contribution is 2.39. The Morgan fingerprint density at radius 2 is 1.62 bits per heavy atom. The van der Waals surface area contributed by atoms with Gasteiger partial charge in [0.25, 0.3) is 0 Å². The van der Waals surface area contributed by atoms with Gasteiger partial charge in [0.2, 0.25) is 0 Å². The summed E-state index contributed by atoms with van der Waals surface area (Å²) in [5, 5.41) is 0. The third-order valence-electron chi connectivity index (χ3n) is 6.52. The highest BCUT2D eigenvalue weighted by Gasteiger charge is 2.43. The zero-order valence-corrected chi connectivity index (χ0v) is 20.4. The zero-order valence-electron chi connectivity index (χ0n) is 20.4. The smallest absolute Gasteiger partial charge is 0.316 e. The van der Waals surface area contributed by atoms with Crippen LogP contribution < -0.4 is 0 Å². The fourth-order valence-corrected chi connectivity index (χ4v) is 4.77. The maximum Gasteiger partial charge on any atom is 0.316 e. The molecule has 1 aliphatic rings. The predicted octanol–water partition coefficient (Wildman–Crippen LogP) is 5.85. The third kappa shape index (κ3) is 5.38. The van der Waals surface area contributed by atoms with Crippen molar-refractivity contribution in [3.05, 3.63) is 132 Å². The summed E-state index contributed by atoms with van der Waals surface area (Å²) in [4.78, 5) is 26.4. The van der Waals surface area contributed by atoms with Gasteiger partial charge in [0, 0.05) is 16.7 Å². The average molecular weight is 492 g/mol. The van der Waals surface area contributed by atoms with Crippen LogP contribution in [0.1, 0.15) is 23.1 Å². The lowest BCUT2D eigenvalue weighted by Crippen LogP contribution is -2.32. The number of esters is 1. The summed E-state index contributed by atoms with van der Waals surface area (Å²) in [6.07, 6.45) is 7.13. The molecule has 5 nitrogen and oxygen atoms in total. The Bertz CT molecular complexity index is 1400. The van der Waals surface area contributed by atoms with Crippen LogP contribution in [0.4, 0.5) is 4.39 Å². The number of carbonyl (C=O) groups excluding carboxylic acids is 1. The van der Waals surface area contributed by atoms with E-state index in [0.29, 0.717) is 18.7 Å². The lowest BCUT2D eigenvalue weighted by atomic mass is 9.80. The average Bonchev–Trinajstić information content (AvgIpc) is 3.36. The van der Waals surface area contributed by atoms with Gasteiger partial charge in [-0.2, -0.15) is 0 Å². The molecule has 184 valence electrons. The molecule has 0 bridgehead atoms. The molecule has 0 amide bonds. The molecule has 2 atom stereocenters. The number of hydrogen-bond donors (Lipinski definition) is 0. The van der Waals surface area contributed by atoms with Crippen LogP contribution in [0.25, 0.3) is 11.4 Å². The van der Waals surface area contributed by atoms with Crippen molar-refractivity contribution in [2.24, 2.45) is 10.4 Å². The van der Waals surface area contributed by atoms with Crippen LogP contribution in [0.2, 0.25) is 0 Å². The van der Waals surface area contributed by atoms with E-state index in [1.165, 1.54) is 7.11 Å². The molecule has 0 radical (unpaired) electrons. The van der Waals surface area contributed by atoms with Gasteiger partial charge in [-0.05, 0) is 24.5 Å². The Morgan fingerprint density at radius 3 is 2.24 bits per heavy atom. The molecule has 1 aliphatic carbocycles. The molecule has 0 spiro atoms. The minimum Gasteiger partial charge on any atom is -0.468 e. The van der Waals surface area contributed by atoms with Crippen molar-refractivity contribution in [1.82, 2.24) is 9.97 Å². The molecule has 37 heavy (non-hydrogen) atoms. The van der Waals surface area contributed by atoms with Gasteiger partial charge in [-0.15, -0.1) is 0 Å². The number of benzene rings is 3. The van der Waals surface area contributed by atoms with Gasteiger partial charge < -0.3 is 4.74 Å². The second kappa shape index (κ2) is 10.7. The van der Waals surface area contributed by atoms with E-state index in [0.717, 1.165) is 40.4 Å². The van der Waals surface area contributed by atoms with Gasteiger partial charge in [-0.3, -0.25) is 9.79 Å². The Hall–Kier alpha value is -4.45. The highest BCUT2D eigenvalue weighted by atomic mass is 19.1. The Balaban J connectivity index is 1.45. The maximum atomic E-state index is 13.3. The number of aliphatic imine (C=N–C) groups is 1. The van der Waals surface area contributed by atoms with Gasteiger partial charge in [-0.25, -0.2) is 14.4 Å². The van der Waals surface area contributed by atoms with Crippen LogP contribution >= 0.6 is 0 Å². The number of nitrogens with zero attached hydrogens (tertiary/aromatic N) is 3.